The van der Waals surface area contributed by atoms with E-state index in [4.69, 9.17) is 5.11 Å². The van der Waals surface area contributed by atoms with E-state index >= 15 is 0 Å². The molecule has 2 N–H and O–H groups in total. The van der Waals surface area contributed by atoms with Crippen LogP contribution in [-0.4, -0.2) is 49.5 Å². The van der Waals surface area contributed by atoms with Gasteiger partial charge >= 0.3 is 12.1 Å². The molecule has 1 amide bonds. The van der Waals surface area contributed by atoms with E-state index in [0.29, 0.717) is 42.8 Å². The Labute approximate surface area is 215 Å². The van der Waals surface area contributed by atoms with Crippen molar-refractivity contribution in [3.8, 4) is 5.75 Å². The van der Waals surface area contributed by atoms with Crippen LogP contribution in [0.15, 0.2) is 53.5 Å². The quantitative estimate of drug-likeness (QED) is 0.320. The number of benzene rings is 1. The lowest BCUT2D eigenvalue weighted by atomic mass is 10.1. The summed E-state index contributed by atoms with van der Waals surface area (Å²) in [5.41, 5.74) is 0.950. The summed E-state index contributed by atoms with van der Waals surface area (Å²) in [6, 6.07) is 10.1. The highest BCUT2D eigenvalue weighted by molar-refractivity contribution is 5.91. The van der Waals surface area contributed by atoms with Gasteiger partial charge in [0.2, 0.25) is 5.91 Å². The maximum atomic E-state index is 12.4. The van der Waals surface area contributed by atoms with Gasteiger partial charge in [-0.1, -0.05) is 12.1 Å². The van der Waals surface area contributed by atoms with E-state index in [1.807, 2.05) is 0 Å². The van der Waals surface area contributed by atoms with E-state index in [9.17, 15) is 27.6 Å². The highest BCUT2D eigenvalue weighted by Crippen LogP contribution is 2.23. The standard InChI is InChI=1S/C25H26F3N5O5/c26-25(27,28)38-21-6-3-4-17(14-21)15-23(36)30-22-8-7-18(31-32-22)5-1-2-11-33-12-9-19(29-24(33)37)16-20(35)10-13-34/h3-4,6-9,12,14,34H,1-2,5,10-11,13,15-16H2,(H,30,32,36). The summed E-state index contributed by atoms with van der Waals surface area (Å²) in [6.45, 7) is 0.202. The van der Waals surface area contributed by atoms with Crippen LogP contribution in [0.5, 0.6) is 5.75 Å². The molecule has 0 unspecified atom stereocenters. The summed E-state index contributed by atoms with van der Waals surface area (Å²) in [4.78, 5) is 39.9. The maximum absolute atomic E-state index is 12.4. The lowest BCUT2D eigenvalue weighted by molar-refractivity contribution is -0.274. The zero-order chi connectivity index (χ0) is 27.5. The van der Waals surface area contributed by atoms with Crippen LogP contribution in [0.2, 0.25) is 0 Å². The fourth-order valence-corrected chi connectivity index (χ4v) is 3.52. The summed E-state index contributed by atoms with van der Waals surface area (Å²) >= 11 is 0. The molecule has 0 aliphatic carbocycles. The van der Waals surface area contributed by atoms with Crippen molar-refractivity contribution in [2.24, 2.45) is 0 Å². The number of aliphatic hydroxyl groups excluding tert-OH is 1. The highest BCUT2D eigenvalue weighted by Gasteiger charge is 2.31. The number of aromatic nitrogens is 4. The maximum Gasteiger partial charge on any atom is 0.573 e. The van der Waals surface area contributed by atoms with Crippen LogP contribution in [-0.2, 0) is 35.4 Å². The van der Waals surface area contributed by atoms with Gasteiger partial charge < -0.3 is 15.2 Å². The number of nitrogens with one attached hydrogen (secondary N) is 1. The van der Waals surface area contributed by atoms with E-state index in [0.717, 1.165) is 12.1 Å². The predicted octanol–water partition coefficient (Wildman–Crippen LogP) is 2.63. The lowest BCUT2D eigenvalue weighted by Crippen LogP contribution is -2.24. The third kappa shape index (κ3) is 9.73. The number of ether oxygens (including phenoxy) is 1. The topological polar surface area (TPSA) is 136 Å². The number of hydrogen-bond donors (Lipinski definition) is 2. The number of rotatable bonds is 13. The number of alkyl halides is 3. The molecule has 0 aliphatic heterocycles. The number of Topliss-reactive ketones (excluding diaryl/α,β-unsaturated/α-hetero) is 1. The largest absolute Gasteiger partial charge is 0.573 e. The number of unbranched alkanes of at least 4 members (excludes halogenated alkanes) is 1. The number of hydrogen-bond acceptors (Lipinski definition) is 8. The van der Waals surface area contributed by atoms with E-state index in [1.165, 1.54) is 16.7 Å². The van der Waals surface area contributed by atoms with Gasteiger partial charge in [-0.15, -0.1) is 18.3 Å². The van der Waals surface area contributed by atoms with Gasteiger partial charge in [-0.3, -0.25) is 14.2 Å². The number of aryl methyl sites for hydroxylation is 2. The first-order valence-electron chi connectivity index (χ1n) is 11.8. The molecular weight excluding hydrogens is 507 g/mol. The summed E-state index contributed by atoms with van der Waals surface area (Å²) in [6.07, 6.45) is -1.40. The Balaban J connectivity index is 1.42. The van der Waals surface area contributed by atoms with Gasteiger partial charge in [0.25, 0.3) is 0 Å². The van der Waals surface area contributed by atoms with Crippen molar-refractivity contribution in [2.75, 3.05) is 11.9 Å². The Morgan fingerprint density at radius 1 is 1.03 bits per heavy atom. The van der Waals surface area contributed by atoms with Crippen LogP contribution in [0.1, 0.15) is 36.2 Å². The summed E-state index contributed by atoms with van der Waals surface area (Å²) in [5, 5.41) is 19.4. The molecule has 3 aromatic rings. The molecule has 0 radical (unpaired) electrons. The van der Waals surface area contributed by atoms with Crippen LogP contribution in [0.3, 0.4) is 0 Å². The van der Waals surface area contributed by atoms with Crippen LogP contribution in [0, 0.1) is 0 Å². The average molecular weight is 534 g/mol. The first kappa shape index (κ1) is 28.4. The summed E-state index contributed by atoms with van der Waals surface area (Å²) < 4.78 is 42.4. The fourth-order valence-electron chi connectivity index (χ4n) is 3.52. The number of aliphatic hydroxyl groups is 1. The Hall–Kier alpha value is -4.13. The van der Waals surface area contributed by atoms with Crippen molar-refractivity contribution < 1.29 is 32.6 Å². The molecular formula is C25H26F3N5O5. The average Bonchev–Trinajstić information content (AvgIpc) is 2.83. The van der Waals surface area contributed by atoms with E-state index in [1.54, 1.807) is 24.4 Å². The third-order valence-corrected chi connectivity index (χ3v) is 5.27. The Kier molecular flexibility index (Phi) is 10.0. The molecule has 202 valence electrons. The first-order valence-corrected chi connectivity index (χ1v) is 11.8. The molecule has 38 heavy (non-hydrogen) atoms. The van der Waals surface area contributed by atoms with Crippen LogP contribution in [0.25, 0.3) is 0 Å². The molecule has 2 aromatic heterocycles. The molecule has 2 heterocycles. The first-order chi connectivity index (χ1) is 18.1. The third-order valence-electron chi connectivity index (χ3n) is 5.27. The number of anilines is 1. The highest BCUT2D eigenvalue weighted by atomic mass is 19.4. The second-order valence-electron chi connectivity index (χ2n) is 8.37. The second kappa shape index (κ2) is 13.4. The number of amides is 1. The van der Waals surface area contributed by atoms with Crippen LogP contribution in [0.4, 0.5) is 19.0 Å². The normalized spacial score (nSPS) is 11.3. The van der Waals surface area contributed by atoms with Gasteiger partial charge in [-0.2, -0.15) is 10.1 Å². The molecule has 0 saturated carbocycles. The number of carbonyl (C=O) groups is 2. The smallest absolute Gasteiger partial charge is 0.406 e. The minimum atomic E-state index is -4.82. The molecule has 0 spiro atoms. The molecule has 0 bridgehead atoms. The molecule has 1 aromatic carbocycles. The Morgan fingerprint density at radius 3 is 2.53 bits per heavy atom. The Morgan fingerprint density at radius 2 is 1.84 bits per heavy atom. The molecule has 0 aliphatic rings. The van der Waals surface area contributed by atoms with Gasteiger partial charge in [-0.25, -0.2) is 4.79 Å². The van der Waals surface area contributed by atoms with Crippen molar-refractivity contribution in [1.29, 1.82) is 0 Å². The van der Waals surface area contributed by atoms with Crippen molar-refractivity contribution in [3.63, 3.8) is 0 Å². The minimum absolute atomic E-state index is 0.00979. The monoisotopic (exact) mass is 533 g/mol. The van der Waals surface area contributed by atoms with E-state index < -0.39 is 23.7 Å². The molecule has 0 saturated heterocycles. The molecule has 13 heteroatoms. The van der Waals surface area contributed by atoms with Crippen molar-refractivity contribution >= 4 is 17.5 Å². The minimum Gasteiger partial charge on any atom is -0.406 e. The summed E-state index contributed by atoms with van der Waals surface area (Å²) in [5.74, 6) is -0.861. The fraction of sp³-hybridized carbons (Fsp3) is 0.360. The van der Waals surface area contributed by atoms with Crippen molar-refractivity contribution in [2.45, 2.75) is 51.4 Å². The molecule has 10 nitrogen and oxygen atoms in total. The molecule has 0 atom stereocenters. The zero-order valence-corrected chi connectivity index (χ0v) is 20.3. The van der Waals surface area contributed by atoms with E-state index in [2.05, 4.69) is 25.2 Å². The van der Waals surface area contributed by atoms with Gasteiger partial charge in [0.05, 0.1) is 17.8 Å². The van der Waals surface area contributed by atoms with Gasteiger partial charge in [-0.05, 0) is 55.2 Å². The lowest BCUT2D eigenvalue weighted by Gasteiger charge is -2.10. The van der Waals surface area contributed by atoms with Gasteiger partial charge in [0, 0.05) is 32.2 Å². The van der Waals surface area contributed by atoms with Gasteiger partial charge in [0.15, 0.2) is 5.82 Å². The second-order valence-corrected chi connectivity index (χ2v) is 8.37. The van der Waals surface area contributed by atoms with Crippen LogP contribution >= 0.6 is 0 Å². The van der Waals surface area contributed by atoms with Crippen molar-refractivity contribution in [3.05, 3.63) is 76.1 Å². The zero-order valence-electron chi connectivity index (χ0n) is 20.3. The predicted molar refractivity (Wildman–Crippen MR) is 129 cm³/mol. The molecule has 0 fully saturated rings. The number of ketones is 1. The number of carbonyl (C=O) groups excluding carboxylic acids is 2. The number of halogens is 3. The van der Waals surface area contributed by atoms with Gasteiger partial charge in [0.1, 0.15) is 11.5 Å². The van der Waals surface area contributed by atoms with Crippen LogP contribution < -0.4 is 15.7 Å². The van der Waals surface area contributed by atoms with E-state index in [-0.39, 0.29) is 37.5 Å². The van der Waals surface area contributed by atoms with Crippen molar-refractivity contribution in [1.82, 2.24) is 19.7 Å². The molecule has 3 rings (SSSR count). The Bertz CT molecular complexity index is 1300. The number of nitrogens with zero attached hydrogens (tertiary/aromatic N) is 4. The summed E-state index contributed by atoms with van der Waals surface area (Å²) in [7, 11) is 0. The SMILES string of the molecule is O=C(CCO)Cc1ccn(CCCCc2ccc(NC(=O)Cc3cccc(OC(F)(F)F)c3)nn2)c(=O)n1.